The molecule has 0 unspecified atom stereocenters. The predicted octanol–water partition coefficient (Wildman–Crippen LogP) is 4.16. The van der Waals surface area contributed by atoms with Gasteiger partial charge >= 0.3 is 0 Å². The average molecular weight is 449 g/mol. The van der Waals surface area contributed by atoms with Crippen LogP contribution in [0.4, 0.5) is 0 Å². The van der Waals surface area contributed by atoms with Gasteiger partial charge in [0, 0.05) is 30.6 Å². The number of benzene rings is 2. The Hall–Kier alpha value is -2.09. The van der Waals surface area contributed by atoms with Gasteiger partial charge in [0.05, 0.1) is 11.1 Å². The molecule has 8 heteroatoms. The van der Waals surface area contributed by atoms with E-state index in [0.29, 0.717) is 19.5 Å². The summed E-state index contributed by atoms with van der Waals surface area (Å²) in [5.41, 5.74) is 0.735. The Kier molecular flexibility index (Phi) is 5.55. The van der Waals surface area contributed by atoms with Gasteiger partial charge in [-0.05, 0) is 51.0 Å². The maximum absolute atomic E-state index is 13.0. The summed E-state index contributed by atoms with van der Waals surface area (Å²) >= 11 is 6.21. The monoisotopic (exact) mass is 448 g/mol. The molecule has 1 atom stereocenters. The van der Waals surface area contributed by atoms with Gasteiger partial charge in [0.1, 0.15) is 16.2 Å². The van der Waals surface area contributed by atoms with Crippen LogP contribution in [0.3, 0.4) is 0 Å². The topological polar surface area (TPSA) is 75.7 Å². The highest BCUT2D eigenvalue weighted by molar-refractivity contribution is 7.89. The van der Waals surface area contributed by atoms with Gasteiger partial charge in [0.15, 0.2) is 0 Å². The number of para-hydroxylation sites is 1. The number of hydrogen-bond acceptors (Lipinski definition) is 4. The van der Waals surface area contributed by atoms with Crippen molar-refractivity contribution >= 4 is 27.5 Å². The van der Waals surface area contributed by atoms with E-state index >= 15 is 0 Å². The number of carbonyl (C=O) groups excluding carboxylic acids is 1. The summed E-state index contributed by atoms with van der Waals surface area (Å²) in [6.45, 7) is 4.91. The molecule has 1 saturated heterocycles. The third-order valence-electron chi connectivity index (χ3n) is 5.56. The first-order valence-electron chi connectivity index (χ1n) is 10.1. The summed E-state index contributed by atoms with van der Waals surface area (Å²) < 4.78 is 33.4. The maximum atomic E-state index is 13.0. The van der Waals surface area contributed by atoms with Crippen molar-refractivity contribution in [2.45, 2.75) is 49.6 Å². The van der Waals surface area contributed by atoms with Gasteiger partial charge in [-0.1, -0.05) is 29.8 Å². The summed E-state index contributed by atoms with van der Waals surface area (Å²) in [5, 5.41) is 3.17. The molecule has 6 nitrogen and oxygen atoms in total. The third kappa shape index (κ3) is 4.06. The van der Waals surface area contributed by atoms with Crippen molar-refractivity contribution in [3.63, 3.8) is 0 Å². The molecule has 2 aliphatic heterocycles. The van der Waals surface area contributed by atoms with Crippen LogP contribution in [0, 0.1) is 0 Å². The van der Waals surface area contributed by atoms with Gasteiger partial charge in [-0.2, -0.15) is 4.31 Å². The molecule has 0 spiro atoms. The van der Waals surface area contributed by atoms with Crippen molar-refractivity contribution in [3.05, 3.63) is 58.6 Å². The molecule has 160 valence electrons. The van der Waals surface area contributed by atoms with E-state index < -0.39 is 15.6 Å². The first-order chi connectivity index (χ1) is 14.2. The minimum atomic E-state index is -3.72. The number of ether oxygens (including phenoxy) is 1. The van der Waals surface area contributed by atoms with Crippen LogP contribution in [0.15, 0.2) is 47.4 Å². The Bertz CT molecular complexity index is 1080. The molecule has 0 radical (unpaired) electrons. The Labute approximate surface area is 182 Å². The molecule has 1 fully saturated rings. The van der Waals surface area contributed by atoms with Crippen LogP contribution in [0.1, 0.15) is 55.1 Å². The standard InChI is InChI=1S/C22H25ClN2O4S/c1-22(2)14-18(16-7-3-4-8-19(16)29-22)24-21(26)15-9-10-17(23)20(13-15)30(27,28)25-11-5-6-12-25/h3-4,7-10,13,18H,5-6,11-12,14H2,1-2H3,(H,24,26)/t18-/m0/s1. The van der Waals surface area contributed by atoms with E-state index in [1.807, 2.05) is 38.1 Å². The minimum Gasteiger partial charge on any atom is -0.487 e. The quantitative estimate of drug-likeness (QED) is 0.762. The third-order valence-corrected chi connectivity index (χ3v) is 7.94. The molecule has 4 rings (SSSR count). The van der Waals surface area contributed by atoms with Crippen molar-refractivity contribution in [2.75, 3.05) is 13.1 Å². The highest BCUT2D eigenvalue weighted by Crippen LogP contribution is 2.39. The highest BCUT2D eigenvalue weighted by Gasteiger charge is 2.35. The van der Waals surface area contributed by atoms with Gasteiger partial charge in [-0.3, -0.25) is 4.79 Å². The number of fused-ring (bicyclic) bond motifs is 1. The molecule has 0 bridgehead atoms. The molecule has 2 heterocycles. The van der Waals surface area contributed by atoms with Crippen molar-refractivity contribution in [2.24, 2.45) is 0 Å². The molecule has 1 N–H and O–H groups in total. The highest BCUT2D eigenvalue weighted by atomic mass is 35.5. The van der Waals surface area contributed by atoms with Crippen molar-refractivity contribution in [1.82, 2.24) is 9.62 Å². The van der Waals surface area contributed by atoms with Crippen molar-refractivity contribution in [1.29, 1.82) is 0 Å². The molecule has 2 aliphatic rings. The van der Waals surface area contributed by atoms with Crippen molar-refractivity contribution in [3.8, 4) is 5.75 Å². The number of hydrogen-bond donors (Lipinski definition) is 1. The Balaban J connectivity index is 1.62. The molecule has 0 aromatic heterocycles. The SMILES string of the molecule is CC1(C)C[C@H](NC(=O)c2ccc(Cl)c(S(=O)(=O)N3CCCC3)c2)c2ccccc2O1. The maximum Gasteiger partial charge on any atom is 0.251 e. The lowest BCUT2D eigenvalue weighted by Crippen LogP contribution is -2.41. The first kappa shape index (κ1) is 21.2. The van der Waals surface area contributed by atoms with Crippen LogP contribution < -0.4 is 10.1 Å². The van der Waals surface area contributed by atoms with Gasteiger partial charge < -0.3 is 10.1 Å². The van der Waals surface area contributed by atoms with Crippen LogP contribution in [-0.2, 0) is 10.0 Å². The Morgan fingerprint density at radius 3 is 2.60 bits per heavy atom. The van der Waals surface area contributed by atoms with Crippen LogP contribution in [0.5, 0.6) is 5.75 Å². The molecule has 0 aliphatic carbocycles. The van der Waals surface area contributed by atoms with Crippen LogP contribution in [0.25, 0.3) is 0 Å². The second-order valence-electron chi connectivity index (χ2n) is 8.39. The number of nitrogens with one attached hydrogen (secondary N) is 1. The summed E-state index contributed by atoms with van der Waals surface area (Å²) in [6.07, 6.45) is 2.26. The predicted molar refractivity (Wildman–Crippen MR) is 115 cm³/mol. The summed E-state index contributed by atoms with van der Waals surface area (Å²) in [6, 6.07) is 11.8. The zero-order valence-corrected chi connectivity index (χ0v) is 18.6. The largest absolute Gasteiger partial charge is 0.487 e. The summed E-state index contributed by atoms with van der Waals surface area (Å²) in [5.74, 6) is 0.398. The van der Waals surface area contributed by atoms with E-state index in [4.69, 9.17) is 16.3 Å². The van der Waals surface area contributed by atoms with Gasteiger partial charge in [0.25, 0.3) is 5.91 Å². The zero-order chi connectivity index (χ0) is 21.5. The van der Waals surface area contributed by atoms with Gasteiger partial charge in [0.2, 0.25) is 10.0 Å². The smallest absolute Gasteiger partial charge is 0.251 e. The number of sulfonamides is 1. The molecule has 1 amide bonds. The van der Waals surface area contributed by atoms with E-state index in [0.717, 1.165) is 24.2 Å². The number of nitrogens with zero attached hydrogens (tertiary/aromatic N) is 1. The molecule has 2 aromatic rings. The van der Waals surface area contributed by atoms with Crippen molar-refractivity contribution < 1.29 is 17.9 Å². The summed E-state index contributed by atoms with van der Waals surface area (Å²) in [7, 11) is -3.72. The van der Waals surface area contributed by atoms with Crippen LogP contribution in [-0.4, -0.2) is 37.3 Å². The lowest BCUT2D eigenvalue weighted by molar-refractivity contribution is 0.0619. The molecule has 30 heavy (non-hydrogen) atoms. The number of halogens is 1. The van der Waals surface area contributed by atoms with E-state index in [1.54, 1.807) is 6.07 Å². The van der Waals surface area contributed by atoms with E-state index in [-0.39, 0.29) is 27.4 Å². The number of carbonyl (C=O) groups is 1. The number of rotatable bonds is 4. The fourth-order valence-electron chi connectivity index (χ4n) is 4.08. The fourth-order valence-corrected chi connectivity index (χ4v) is 6.10. The molecule has 2 aromatic carbocycles. The second kappa shape index (κ2) is 7.87. The molecular weight excluding hydrogens is 424 g/mol. The Morgan fingerprint density at radius 2 is 1.87 bits per heavy atom. The molecule has 0 saturated carbocycles. The first-order valence-corrected chi connectivity index (χ1v) is 11.9. The zero-order valence-electron chi connectivity index (χ0n) is 17.0. The van der Waals surface area contributed by atoms with E-state index in [9.17, 15) is 13.2 Å². The number of amides is 1. The summed E-state index contributed by atoms with van der Waals surface area (Å²) in [4.78, 5) is 13.0. The van der Waals surface area contributed by atoms with Gasteiger partial charge in [-0.15, -0.1) is 0 Å². The van der Waals surface area contributed by atoms with E-state index in [1.165, 1.54) is 16.4 Å². The second-order valence-corrected chi connectivity index (χ2v) is 10.7. The van der Waals surface area contributed by atoms with Crippen LogP contribution >= 0.6 is 11.6 Å². The van der Waals surface area contributed by atoms with Gasteiger partial charge in [-0.25, -0.2) is 8.42 Å². The van der Waals surface area contributed by atoms with E-state index in [2.05, 4.69) is 5.32 Å². The fraction of sp³-hybridized carbons (Fsp3) is 0.409. The average Bonchev–Trinajstić information content (AvgIpc) is 3.23. The lowest BCUT2D eigenvalue weighted by Gasteiger charge is -2.37. The van der Waals surface area contributed by atoms with Crippen LogP contribution in [0.2, 0.25) is 5.02 Å². The normalized spacial score (nSPS) is 21.0. The lowest BCUT2D eigenvalue weighted by atomic mass is 9.89. The molecular formula is C22H25ClN2O4S. The minimum absolute atomic E-state index is 0.0218. The Morgan fingerprint density at radius 1 is 1.17 bits per heavy atom.